The van der Waals surface area contributed by atoms with E-state index >= 15 is 0 Å². The molecule has 0 fully saturated rings. The Balaban J connectivity index is -0.00000000500. The van der Waals surface area contributed by atoms with E-state index < -0.39 is 0 Å². The number of hydrogen-bond acceptors (Lipinski definition) is 0. The zero-order valence-corrected chi connectivity index (χ0v) is 6.95. The summed E-state index contributed by atoms with van der Waals surface area (Å²) >= 11 is 0. The monoisotopic (exact) mass is 96.0 g/mol. The normalized spacial score (nSPS) is 1.60. The third-order valence-corrected chi connectivity index (χ3v) is 0. The van der Waals surface area contributed by atoms with E-state index in [2.05, 4.69) is 26.3 Å². The van der Waals surface area contributed by atoms with Gasteiger partial charge in [-0.2, -0.15) is 0 Å². The van der Waals surface area contributed by atoms with E-state index in [9.17, 15) is 0 Å². The van der Waals surface area contributed by atoms with Crippen molar-refractivity contribution in [3.05, 3.63) is 26.3 Å². The fourth-order valence-electron chi connectivity index (χ4n) is 0. The molecule has 0 radical (unpaired) electrons. The Kier molecular flexibility index (Phi) is 229. The van der Waals surface area contributed by atoms with E-state index in [1.807, 2.05) is 0 Å². The van der Waals surface area contributed by atoms with Crippen LogP contribution in [0, 0.1) is 0 Å². The molecule has 0 atom stereocenters. The first kappa shape index (κ1) is 16.5. The van der Waals surface area contributed by atoms with E-state index in [1.165, 1.54) is 0 Å². The van der Waals surface area contributed by atoms with Gasteiger partial charge in [0, 0.05) is 0 Å². The molecule has 0 saturated heterocycles. The summed E-state index contributed by atoms with van der Waals surface area (Å²) in [4.78, 5) is 0. The van der Waals surface area contributed by atoms with Crippen molar-refractivity contribution in [2.75, 3.05) is 0 Å². The van der Waals surface area contributed by atoms with Gasteiger partial charge in [-0.15, -0.1) is 26.3 Å². The number of hydrogen-bond donors (Lipinski definition) is 0. The van der Waals surface area contributed by atoms with Crippen LogP contribution in [0.5, 0.6) is 0 Å². The molecule has 0 saturated carbocycles. The molecular formula is C4H9K. The van der Waals surface area contributed by atoms with Gasteiger partial charge >= 0.3 is 51.4 Å². The first-order valence-corrected chi connectivity index (χ1v) is 1.000. The summed E-state index contributed by atoms with van der Waals surface area (Å²) < 4.78 is 0. The van der Waals surface area contributed by atoms with Crippen LogP contribution in [0.1, 0.15) is 1.43 Å². The average molecular weight is 96.2 g/mol. The molecule has 5 heavy (non-hydrogen) atoms. The van der Waals surface area contributed by atoms with Crippen LogP contribution in [0.3, 0.4) is 0 Å². The Labute approximate surface area is 77.9 Å². The SMILES string of the molecule is C=C.C=C.[H-].[K+]. The van der Waals surface area contributed by atoms with E-state index in [-0.39, 0.29) is 52.8 Å². The maximum atomic E-state index is 3.00. The average Bonchev–Trinajstić information content (AvgIpc) is 1.50. The fraction of sp³-hybridized carbons (Fsp3) is 0. The molecule has 0 aromatic carbocycles. The zero-order chi connectivity index (χ0) is 4.00. The summed E-state index contributed by atoms with van der Waals surface area (Å²) in [6, 6.07) is 0. The molecule has 0 aliphatic rings. The van der Waals surface area contributed by atoms with Gasteiger partial charge < -0.3 is 1.43 Å². The van der Waals surface area contributed by atoms with Crippen molar-refractivity contribution in [2.45, 2.75) is 0 Å². The predicted octanol–water partition coefficient (Wildman–Crippen LogP) is -1.28. The van der Waals surface area contributed by atoms with E-state index in [4.69, 9.17) is 0 Å². The van der Waals surface area contributed by atoms with Crippen molar-refractivity contribution >= 4 is 0 Å². The zero-order valence-electron chi connectivity index (χ0n) is 4.83. The number of rotatable bonds is 0. The predicted molar refractivity (Wildman–Crippen MR) is 23.6 cm³/mol. The second-order valence-electron chi connectivity index (χ2n) is 0. The molecule has 0 unspecified atom stereocenters. The molecule has 0 aromatic heterocycles. The summed E-state index contributed by atoms with van der Waals surface area (Å²) in [6.07, 6.45) is 0. The van der Waals surface area contributed by atoms with Gasteiger partial charge in [0.1, 0.15) is 0 Å². The smallest absolute Gasteiger partial charge is 1.00 e. The van der Waals surface area contributed by atoms with Crippen LogP contribution in [0.25, 0.3) is 0 Å². The van der Waals surface area contributed by atoms with Crippen molar-refractivity contribution in [1.82, 2.24) is 0 Å². The summed E-state index contributed by atoms with van der Waals surface area (Å²) in [7, 11) is 0. The molecule has 0 aliphatic heterocycles. The molecule has 0 aliphatic carbocycles. The van der Waals surface area contributed by atoms with Crippen LogP contribution in [-0.4, -0.2) is 0 Å². The van der Waals surface area contributed by atoms with Gasteiger partial charge in [-0.05, 0) is 0 Å². The first-order chi connectivity index (χ1) is 2.00. The molecule has 0 amide bonds. The van der Waals surface area contributed by atoms with Gasteiger partial charge in [0.2, 0.25) is 0 Å². The van der Waals surface area contributed by atoms with Crippen molar-refractivity contribution in [1.29, 1.82) is 0 Å². The fourth-order valence-corrected chi connectivity index (χ4v) is 0. The van der Waals surface area contributed by atoms with E-state index in [1.54, 1.807) is 0 Å². The minimum atomic E-state index is 0. The molecule has 0 N–H and O–H groups in total. The Morgan fingerprint density at radius 1 is 0.800 bits per heavy atom. The Morgan fingerprint density at radius 3 is 0.800 bits per heavy atom. The third kappa shape index (κ3) is 39.9. The van der Waals surface area contributed by atoms with Crippen molar-refractivity contribution in [2.24, 2.45) is 0 Å². The molecule has 0 aromatic rings. The van der Waals surface area contributed by atoms with E-state index in [0.717, 1.165) is 0 Å². The second kappa shape index (κ2) is 69.6. The molecule has 0 nitrogen and oxygen atoms in total. The van der Waals surface area contributed by atoms with Crippen LogP contribution >= 0.6 is 0 Å². The van der Waals surface area contributed by atoms with Gasteiger partial charge in [0.05, 0.1) is 0 Å². The van der Waals surface area contributed by atoms with Gasteiger partial charge in [0.15, 0.2) is 0 Å². The largest absolute Gasteiger partial charge is 1.00 e. The van der Waals surface area contributed by atoms with Gasteiger partial charge in [-0.3, -0.25) is 0 Å². The third-order valence-electron chi connectivity index (χ3n) is 0. The van der Waals surface area contributed by atoms with Crippen LogP contribution in [0.4, 0.5) is 0 Å². The minimum Gasteiger partial charge on any atom is -1.00 e. The summed E-state index contributed by atoms with van der Waals surface area (Å²) in [5.41, 5.74) is 0. The van der Waals surface area contributed by atoms with E-state index in [0.29, 0.717) is 0 Å². The first-order valence-electron chi connectivity index (χ1n) is 1.000. The second-order valence-corrected chi connectivity index (χ2v) is 0. The molecule has 0 bridgehead atoms. The maximum Gasteiger partial charge on any atom is 1.00 e. The minimum absolute atomic E-state index is 0. The van der Waals surface area contributed by atoms with Crippen LogP contribution < -0.4 is 51.4 Å². The standard InChI is InChI=1S/2C2H4.K.H/c2*1-2;;/h2*1-2H2;;/q;;+1;-1. The summed E-state index contributed by atoms with van der Waals surface area (Å²) in [5, 5.41) is 0. The van der Waals surface area contributed by atoms with Gasteiger partial charge in [-0.25, -0.2) is 0 Å². The molecule has 26 valence electrons. The molecule has 0 spiro atoms. The molecule has 1 heteroatoms. The Hall–Kier alpha value is 1.12. The topological polar surface area (TPSA) is 0 Å². The van der Waals surface area contributed by atoms with Crippen molar-refractivity contribution in [3.8, 4) is 0 Å². The summed E-state index contributed by atoms with van der Waals surface area (Å²) in [5.74, 6) is 0. The van der Waals surface area contributed by atoms with Crippen LogP contribution in [0.2, 0.25) is 0 Å². The van der Waals surface area contributed by atoms with Crippen LogP contribution in [0.15, 0.2) is 26.3 Å². The molecular weight excluding hydrogens is 87.1 g/mol. The summed E-state index contributed by atoms with van der Waals surface area (Å²) in [6.45, 7) is 12.0. The van der Waals surface area contributed by atoms with Crippen molar-refractivity contribution < 1.29 is 52.8 Å². The molecule has 0 heterocycles. The maximum absolute atomic E-state index is 3.00. The van der Waals surface area contributed by atoms with Gasteiger partial charge in [0.25, 0.3) is 0 Å². The van der Waals surface area contributed by atoms with Gasteiger partial charge in [-0.1, -0.05) is 0 Å². The Morgan fingerprint density at radius 2 is 0.800 bits per heavy atom. The van der Waals surface area contributed by atoms with Crippen molar-refractivity contribution in [3.63, 3.8) is 0 Å². The van der Waals surface area contributed by atoms with Crippen LogP contribution in [-0.2, 0) is 0 Å². The Bertz CT molecular complexity index is 9.51. The molecule has 0 rings (SSSR count). The quantitative estimate of drug-likeness (QED) is 0.260.